The summed E-state index contributed by atoms with van der Waals surface area (Å²) in [7, 11) is 0. The van der Waals surface area contributed by atoms with Crippen LogP contribution in [0.5, 0.6) is 0 Å². The monoisotopic (exact) mass is 306 g/mol. The van der Waals surface area contributed by atoms with Crippen molar-refractivity contribution in [3.05, 3.63) is 0 Å². The van der Waals surface area contributed by atoms with Crippen molar-refractivity contribution in [2.75, 3.05) is 0 Å². The molecule has 8 atom stereocenters. The molecule has 0 bridgehead atoms. The molecule has 0 aliphatic heterocycles. The minimum atomic E-state index is -0.532. The zero-order valence-corrected chi connectivity index (χ0v) is 15.1. The summed E-state index contributed by atoms with van der Waals surface area (Å²) in [5.41, 5.74) is 1.29. The van der Waals surface area contributed by atoms with Crippen molar-refractivity contribution >= 4 is 0 Å². The van der Waals surface area contributed by atoms with Crippen molar-refractivity contribution in [3.8, 4) is 0 Å². The molecule has 22 heavy (non-hydrogen) atoms. The molecule has 4 fully saturated rings. The molecule has 1 heteroatoms. The Balaban J connectivity index is 1.67. The number of hydrogen-bond donors (Lipinski definition) is 0. The highest BCUT2D eigenvalue weighted by Crippen LogP contribution is 2.70. The van der Waals surface area contributed by atoms with Crippen molar-refractivity contribution in [1.29, 1.82) is 0 Å². The van der Waals surface area contributed by atoms with E-state index in [1.54, 1.807) is 0 Å². The highest BCUT2D eigenvalue weighted by atomic mass is 19.1. The van der Waals surface area contributed by atoms with E-state index in [2.05, 4.69) is 27.7 Å². The van der Waals surface area contributed by atoms with Crippen LogP contribution in [-0.2, 0) is 0 Å². The summed E-state index contributed by atoms with van der Waals surface area (Å²) in [6, 6.07) is 0. The van der Waals surface area contributed by atoms with Crippen LogP contribution >= 0.6 is 0 Å². The lowest BCUT2D eigenvalue weighted by Crippen LogP contribution is -2.57. The van der Waals surface area contributed by atoms with Gasteiger partial charge in [-0.25, -0.2) is 4.39 Å². The molecule has 126 valence electrons. The molecule has 4 aliphatic rings. The Bertz CT molecular complexity index is 459. The molecule has 4 rings (SSSR count). The van der Waals surface area contributed by atoms with E-state index in [0.717, 1.165) is 42.9 Å². The molecule has 4 aliphatic carbocycles. The molecule has 0 aromatic heterocycles. The van der Waals surface area contributed by atoms with Crippen LogP contribution in [-0.4, -0.2) is 6.17 Å². The van der Waals surface area contributed by atoms with E-state index in [-0.39, 0.29) is 5.41 Å². The molecule has 4 unspecified atom stereocenters. The normalized spacial score (nSPS) is 61.2. The van der Waals surface area contributed by atoms with E-state index in [9.17, 15) is 4.39 Å². The first-order chi connectivity index (χ1) is 10.3. The average molecular weight is 307 g/mol. The zero-order valence-electron chi connectivity index (χ0n) is 15.1. The predicted octanol–water partition coefficient (Wildman–Crippen LogP) is 6.39. The third kappa shape index (κ3) is 1.80. The van der Waals surface area contributed by atoms with Crippen LogP contribution in [0.3, 0.4) is 0 Å². The molecule has 4 saturated carbocycles. The maximum atomic E-state index is 14.1. The van der Waals surface area contributed by atoms with Crippen molar-refractivity contribution < 1.29 is 4.39 Å². The molecule has 0 aromatic rings. The van der Waals surface area contributed by atoms with Gasteiger partial charge in [0.05, 0.1) is 0 Å². The number of hydrogen-bond acceptors (Lipinski definition) is 0. The first-order valence-electron chi connectivity index (χ1n) is 9.94. The van der Waals surface area contributed by atoms with Crippen LogP contribution in [0.1, 0.15) is 85.5 Å². The summed E-state index contributed by atoms with van der Waals surface area (Å²) >= 11 is 0. The molecule has 0 nitrogen and oxygen atoms in total. The Labute approximate surface area is 136 Å². The molecule has 0 amide bonds. The Morgan fingerprint density at radius 3 is 2.36 bits per heavy atom. The molecular formula is C21H35F. The van der Waals surface area contributed by atoms with Gasteiger partial charge in [0.25, 0.3) is 0 Å². The quantitative estimate of drug-likeness (QED) is 0.486. The minimum Gasteiger partial charge on any atom is -0.247 e. The fraction of sp³-hybridized carbons (Fsp3) is 1.00. The molecule has 0 spiro atoms. The lowest BCUT2D eigenvalue weighted by molar-refractivity contribution is -0.162. The van der Waals surface area contributed by atoms with Crippen molar-refractivity contribution in [3.63, 3.8) is 0 Å². The standard InChI is InChI=1S/C21H35F/c1-14-5-6-17-16-8-10-19(2)13-15(22)7-12-21(19,4)18(16)9-11-20(14,17)3/h14-18H,5-13H2,1-4H3/t14-,15-,16?,17?,18?,19?,20+,21+/m0/s1. The minimum absolute atomic E-state index is 0.268. The lowest BCUT2D eigenvalue weighted by atomic mass is 9.40. The zero-order chi connectivity index (χ0) is 15.8. The van der Waals surface area contributed by atoms with E-state index >= 15 is 0 Å². The highest BCUT2D eigenvalue weighted by molar-refractivity contribution is 5.12. The number of fused-ring (bicyclic) bond motifs is 5. The smallest absolute Gasteiger partial charge is 0.101 e. The Morgan fingerprint density at radius 2 is 1.59 bits per heavy atom. The van der Waals surface area contributed by atoms with Crippen LogP contribution in [0.15, 0.2) is 0 Å². The van der Waals surface area contributed by atoms with Crippen molar-refractivity contribution in [2.45, 2.75) is 91.7 Å². The van der Waals surface area contributed by atoms with Crippen LogP contribution in [0.4, 0.5) is 4.39 Å². The van der Waals surface area contributed by atoms with E-state index in [0.29, 0.717) is 10.8 Å². The second-order valence-corrected chi connectivity index (χ2v) is 10.3. The van der Waals surface area contributed by atoms with Crippen LogP contribution in [0.25, 0.3) is 0 Å². The molecule has 0 heterocycles. The largest absolute Gasteiger partial charge is 0.247 e. The van der Waals surface area contributed by atoms with Gasteiger partial charge in [-0.3, -0.25) is 0 Å². The number of alkyl halides is 1. The fourth-order valence-corrected chi connectivity index (χ4v) is 7.83. The molecule has 0 radical (unpaired) electrons. The van der Waals surface area contributed by atoms with Gasteiger partial charge in [-0.15, -0.1) is 0 Å². The Hall–Kier alpha value is -0.0700. The van der Waals surface area contributed by atoms with Gasteiger partial charge >= 0.3 is 0 Å². The number of halogens is 1. The molecule has 0 saturated heterocycles. The van der Waals surface area contributed by atoms with Gasteiger partial charge in [-0.1, -0.05) is 27.7 Å². The summed E-state index contributed by atoms with van der Waals surface area (Å²) in [6.45, 7) is 10.1. The van der Waals surface area contributed by atoms with Crippen molar-refractivity contribution in [2.24, 2.45) is 39.9 Å². The summed E-state index contributed by atoms with van der Waals surface area (Å²) in [6.07, 6.45) is 10.7. The summed E-state index contributed by atoms with van der Waals surface area (Å²) in [5, 5.41) is 0. The van der Waals surface area contributed by atoms with Crippen molar-refractivity contribution in [1.82, 2.24) is 0 Å². The Morgan fingerprint density at radius 1 is 0.818 bits per heavy atom. The van der Waals surface area contributed by atoms with Crippen LogP contribution in [0.2, 0.25) is 0 Å². The third-order valence-corrected chi connectivity index (χ3v) is 9.79. The highest BCUT2D eigenvalue weighted by Gasteiger charge is 2.62. The van der Waals surface area contributed by atoms with Gasteiger partial charge in [-0.2, -0.15) is 0 Å². The Kier molecular flexibility index (Phi) is 3.32. The van der Waals surface area contributed by atoms with Crippen LogP contribution < -0.4 is 0 Å². The van der Waals surface area contributed by atoms with Gasteiger partial charge < -0.3 is 0 Å². The average Bonchev–Trinajstić information content (AvgIpc) is 2.76. The van der Waals surface area contributed by atoms with E-state index in [1.165, 1.54) is 38.5 Å². The first-order valence-corrected chi connectivity index (χ1v) is 9.94. The van der Waals surface area contributed by atoms with E-state index in [4.69, 9.17) is 0 Å². The molecule has 0 aromatic carbocycles. The van der Waals surface area contributed by atoms with E-state index < -0.39 is 6.17 Å². The SMILES string of the molecule is C[C@H]1CCC2C3CCC4(C)C[C@@H](F)CC[C@]4(C)C3CC[C@@]21C. The summed E-state index contributed by atoms with van der Waals surface area (Å²) in [5.74, 6) is 3.70. The predicted molar refractivity (Wildman–Crippen MR) is 90.4 cm³/mol. The number of rotatable bonds is 0. The van der Waals surface area contributed by atoms with E-state index in [1.807, 2.05) is 0 Å². The second kappa shape index (κ2) is 4.73. The lowest BCUT2D eigenvalue weighted by Gasteiger charge is -2.65. The third-order valence-electron chi connectivity index (χ3n) is 9.79. The maximum Gasteiger partial charge on any atom is 0.101 e. The topological polar surface area (TPSA) is 0 Å². The van der Waals surface area contributed by atoms with Gasteiger partial charge in [0.15, 0.2) is 0 Å². The molecule has 0 N–H and O–H groups in total. The fourth-order valence-electron chi connectivity index (χ4n) is 7.83. The second-order valence-electron chi connectivity index (χ2n) is 10.3. The van der Waals surface area contributed by atoms with Gasteiger partial charge in [0.2, 0.25) is 0 Å². The summed E-state index contributed by atoms with van der Waals surface area (Å²) in [4.78, 5) is 0. The maximum absolute atomic E-state index is 14.1. The summed E-state index contributed by atoms with van der Waals surface area (Å²) < 4.78 is 14.1. The van der Waals surface area contributed by atoms with Crippen LogP contribution in [0, 0.1) is 39.9 Å². The van der Waals surface area contributed by atoms with Gasteiger partial charge in [0.1, 0.15) is 6.17 Å². The van der Waals surface area contributed by atoms with Gasteiger partial charge in [-0.05, 0) is 97.7 Å². The van der Waals surface area contributed by atoms with Gasteiger partial charge in [0, 0.05) is 0 Å². The molecular weight excluding hydrogens is 271 g/mol. The first kappa shape index (κ1) is 15.5.